The zero-order valence-corrected chi connectivity index (χ0v) is 11.0. The van der Waals surface area contributed by atoms with Crippen molar-refractivity contribution < 1.29 is 14.3 Å². The van der Waals surface area contributed by atoms with Gasteiger partial charge in [-0.1, -0.05) is 0 Å². The lowest BCUT2D eigenvalue weighted by Crippen LogP contribution is -2.51. The maximum Gasteiger partial charge on any atom is 0.246 e. The van der Waals surface area contributed by atoms with Crippen molar-refractivity contribution in [2.24, 2.45) is 0 Å². The first-order chi connectivity index (χ1) is 8.68. The highest BCUT2D eigenvalue weighted by Crippen LogP contribution is 2.17. The molecule has 2 heterocycles. The summed E-state index contributed by atoms with van der Waals surface area (Å²) in [4.78, 5) is 24.4. The fourth-order valence-electron chi connectivity index (χ4n) is 2.58. The first kappa shape index (κ1) is 13.5. The second-order valence-corrected chi connectivity index (χ2v) is 5.11. The molecule has 0 aromatic carbocycles. The van der Waals surface area contributed by atoms with Gasteiger partial charge in [0.2, 0.25) is 11.8 Å². The average Bonchev–Trinajstić information content (AvgIpc) is 2.87. The van der Waals surface area contributed by atoms with Gasteiger partial charge in [0.1, 0.15) is 0 Å². The van der Waals surface area contributed by atoms with Crippen LogP contribution in [0.25, 0.3) is 0 Å². The second-order valence-electron chi connectivity index (χ2n) is 5.11. The van der Waals surface area contributed by atoms with Crippen molar-refractivity contribution in [3.8, 4) is 0 Å². The average molecular weight is 254 g/mol. The minimum atomic E-state index is -0.183. The minimum Gasteiger partial charge on any atom is -0.378 e. The molecular formula is C13H22N2O3. The summed E-state index contributed by atoms with van der Waals surface area (Å²) in [6, 6.07) is -0.183. The maximum absolute atomic E-state index is 11.8. The highest BCUT2D eigenvalue weighted by atomic mass is 16.5. The summed E-state index contributed by atoms with van der Waals surface area (Å²) < 4.78 is 5.55. The Labute approximate surface area is 108 Å². The number of likely N-dealkylation sites (tertiary alicyclic amines) is 1. The monoisotopic (exact) mass is 254 g/mol. The van der Waals surface area contributed by atoms with E-state index in [1.807, 2.05) is 0 Å². The fraction of sp³-hybridized carbons (Fsp3) is 0.846. The predicted octanol–water partition coefficient (Wildman–Crippen LogP) is 0.683. The van der Waals surface area contributed by atoms with Gasteiger partial charge in [-0.3, -0.25) is 14.5 Å². The molecule has 0 bridgehead atoms. The first-order valence-corrected chi connectivity index (χ1v) is 6.84. The highest BCUT2D eigenvalue weighted by Gasteiger charge is 2.31. The van der Waals surface area contributed by atoms with Crippen molar-refractivity contribution in [2.45, 2.75) is 50.7 Å². The van der Waals surface area contributed by atoms with Gasteiger partial charge in [0.25, 0.3) is 0 Å². The molecule has 2 unspecified atom stereocenters. The molecule has 2 rings (SSSR count). The van der Waals surface area contributed by atoms with Crippen LogP contribution in [0.2, 0.25) is 0 Å². The number of ether oxygens (including phenoxy) is 1. The van der Waals surface area contributed by atoms with E-state index in [1.165, 1.54) is 17.7 Å². The third kappa shape index (κ3) is 3.29. The largest absolute Gasteiger partial charge is 0.378 e. The zero-order chi connectivity index (χ0) is 13.0. The van der Waals surface area contributed by atoms with E-state index in [0.717, 1.165) is 26.0 Å². The van der Waals surface area contributed by atoms with E-state index in [9.17, 15) is 9.59 Å². The van der Waals surface area contributed by atoms with E-state index in [1.54, 1.807) is 7.05 Å². The van der Waals surface area contributed by atoms with Gasteiger partial charge in [-0.15, -0.1) is 0 Å². The Morgan fingerprint density at radius 2 is 2.22 bits per heavy atom. The number of hydrogen-bond donors (Lipinski definition) is 1. The topological polar surface area (TPSA) is 58.6 Å². The predicted molar refractivity (Wildman–Crippen MR) is 67.0 cm³/mol. The standard InChI is InChI=1S/C13H22N2O3/c1-15-12(16)7-6-11(13(15)17)14-8-2-4-10-5-3-9-18-10/h10-11,14H,2-9H2,1H3. The SMILES string of the molecule is CN1C(=O)CCC(NCCCC2CCCO2)C1=O. The normalized spacial score (nSPS) is 29.1. The van der Waals surface area contributed by atoms with Crippen molar-refractivity contribution >= 4 is 11.8 Å². The number of imide groups is 1. The molecule has 0 spiro atoms. The van der Waals surface area contributed by atoms with Crippen LogP contribution in [-0.4, -0.2) is 49.1 Å². The van der Waals surface area contributed by atoms with Crippen molar-refractivity contribution in [1.82, 2.24) is 10.2 Å². The van der Waals surface area contributed by atoms with E-state index < -0.39 is 0 Å². The number of amides is 2. The van der Waals surface area contributed by atoms with Crippen LogP contribution in [0.15, 0.2) is 0 Å². The van der Waals surface area contributed by atoms with Crippen molar-refractivity contribution in [3.63, 3.8) is 0 Å². The molecule has 2 amide bonds. The number of carbonyl (C=O) groups is 2. The molecule has 18 heavy (non-hydrogen) atoms. The molecule has 2 atom stereocenters. The number of piperidine rings is 1. The number of likely N-dealkylation sites (N-methyl/N-ethyl adjacent to an activating group) is 1. The maximum atomic E-state index is 11.8. The Hall–Kier alpha value is -0.940. The summed E-state index contributed by atoms with van der Waals surface area (Å²) in [5, 5.41) is 3.25. The summed E-state index contributed by atoms with van der Waals surface area (Å²) in [5.74, 6) is -0.166. The van der Waals surface area contributed by atoms with Gasteiger partial charge < -0.3 is 10.1 Å². The van der Waals surface area contributed by atoms with Gasteiger partial charge in [0.15, 0.2) is 0 Å². The van der Waals surface area contributed by atoms with Gasteiger partial charge >= 0.3 is 0 Å². The molecule has 0 radical (unpaired) electrons. The van der Waals surface area contributed by atoms with E-state index in [-0.39, 0.29) is 17.9 Å². The minimum absolute atomic E-state index is 0.0718. The molecular weight excluding hydrogens is 232 g/mol. The van der Waals surface area contributed by atoms with Crippen LogP contribution in [0.5, 0.6) is 0 Å². The quantitative estimate of drug-likeness (QED) is 0.579. The van der Waals surface area contributed by atoms with Crippen LogP contribution in [0, 0.1) is 0 Å². The molecule has 0 aromatic rings. The lowest BCUT2D eigenvalue weighted by molar-refractivity contribution is -0.148. The molecule has 5 nitrogen and oxygen atoms in total. The van der Waals surface area contributed by atoms with Crippen molar-refractivity contribution in [2.75, 3.05) is 20.2 Å². The lowest BCUT2D eigenvalue weighted by Gasteiger charge is -2.28. The molecule has 1 N–H and O–H groups in total. The van der Waals surface area contributed by atoms with Crippen LogP contribution in [0.4, 0.5) is 0 Å². The Bertz CT molecular complexity index is 313. The third-order valence-electron chi connectivity index (χ3n) is 3.77. The van der Waals surface area contributed by atoms with Crippen molar-refractivity contribution in [1.29, 1.82) is 0 Å². The van der Waals surface area contributed by atoms with Gasteiger partial charge in [-0.25, -0.2) is 0 Å². The number of nitrogens with zero attached hydrogens (tertiary/aromatic N) is 1. The highest BCUT2D eigenvalue weighted by molar-refractivity contribution is 6.00. The summed E-state index contributed by atoms with van der Waals surface area (Å²) in [7, 11) is 1.56. The van der Waals surface area contributed by atoms with Gasteiger partial charge in [0.05, 0.1) is 12.1 Å². The van der Waals surface area contributed by atoms with Crippen LogP contribution in [0.3, 0.4) is 0 Å². The van der Waals surface area contributed by atoms with Gasteiger partial charge in [-0.05, 0) is 38.6 Å². The number of nitrogens with one attached hydrogen (secondary N) is 1. The lowest BCUT2D eigenvalue weighted by atomic mass is 10.0. The molecule has 2 aliphatic heterocycles. The van der Waals surface area contributed by atoms with E-state index in [2.05, 4.69) is 5.32 Å². The molecule has 2 aliphatic rings. The Morgan fingerprint density at radius 1 is 1.39 bits per heavy atom. The number of rotatable bonds is 5. The molecule has 2 fully saturated rings. The Balaban J connectivity index is 1.64. The number of carbonyl (C=O) groups excluding carboxylic acids is 2. The van der Waals surface area contributed by atoms with Crippen LogP contribution in [0.1, 0.15) is 38.5 Å². The summed E-state index contributed by atoms with van der Waals surface area (Å²) in [6.45, 7) is 1.71. The Morgan fingerprint density at radius 3 is 2.94 bits per heavy atom. The van der Waals surface area contributed by atoms with Crippen LogP contribution < -0.4 is 5.32 Å². The van der Waals surface area contributed by atoms with E-state index >= 15 is 0 Å². The van der Waals surface area contributed by atoms with Crippen LogP contribution >= 0.6 is 0 Å². The molecule has 0 aromatic heterocycles. The molecule has 0 aliphatic carbocycles. The molecule has 5 heteroatoms. The van der Waals surface area contributed by atoms with E-state index in [4.69, 9.17) is 4.74 Å². The third-order valence-corrected chi connectivity index (χ3v) is 3.77. The summed E-state index contributed by atoms with van der Waals surface area (Å²) in [6.07, 6.45) is 5.92. The number of hydrogen-bond acceptors (Lipinski definition) is 4. The molecule has 0 saturated carbocycles. The zero-order valence-electron chi connectivity index (χ0n) is 11.0. The Kier molecular flexibility index (Phi) is 4.72. The van der Waals surface area contributed by atoms with Gasteiger partial charge in [-0.2, -0.15) is 0 Å². The van der Waals surface area contributed by atoms with Crippen LogP contribution in [-0.2, 0) is 14.3 Å². The summed E-state index contributed by atoms with van der Waals surface area (Å²) in [5.41, 5.74) is 0. The summed E-state index contributed by atoms with van der Waals surface area (Å²) >= 11 is 0. The first-order valence-electron chi connectivity index (χ1n) is 6.84. The van der Waals surface area contributed by atoms with Crippen molar-refractivity contribution in [3.05, 3.63) is 0 Å². The smallest absolute Gasteiger partial charge is 0.246 e. The molecule has 102 valence electrons. The second kappa shape index (κ2) is 6.29. The fourth-order valence-corrected chi connectivity index (χ4v) is 2.58. The molecule has 2 saturated heterocycles. The van der Waals surface area contributed by atoms with Gasteiger partial charge in [0, 0.05) is 20.1 Å². The van der Waals surface area contributed by atoms with E-state index in [0.29, 0.717) is 18.9 Å².